The second kappa shape index (κ2) is 6.98. The van der Waals surface area contributed by atoms with E-state index < -0.39 is 10.0 Å². The van der Waals surface area contributed by atoms with Crippen LogP contribution in [0.25, 0.3) is 0 Å². The van der Waals surface area contributed by atoms with Crippen molar-refractivity contribution in [3.63, 3.8) is 0 Å². The van der Waals surface area contributed by atoms with E-state index in [9.17, 15) is 13.2 Å². The van der Waals surface area contributed by atoms with Gasteiger partial charge < -0.3 is 0 Å². The SMILES string of the molecule is C[C@H]1C[C@H](C)CN(S(=O)(=O)c2ccc(C(=O)NN(C)C)cc2)C1. The van der Waals surface area contributed by atoms with E-state index in [1.165, 1.54) is 12.1 Å². The van der Waals surface area contributed by atoms with Crippen molar-refractivity contribution < 1.29 is 13.2 Å². The Morgan fingerprint density at radius 2 is 1.65 bits per heavy atom. The first kappa shape index (κ1) is 17.9. The number of nitrogens with one attached hydrogen (secondary N) is 1. The van der Waals surface area contributed by atoms with Crippen LogP contribution in [-0.2, 0) is 10.0 Å². The first-order valence-corrected chi connectivity index (χ1v) is 9.22. The average molecular weight is 339 g/mol. The Balaban J connectivity index is 2.19. The molecule has 0 radical (unpaired) electrons. The van der Waals surface area contributed by atoms with E-state index >= 15 is 0 Å². The summed E-state index contributed by atoms with van der Waals surface area (Å²) >= 11 is 0. The van der Waals surface area contributed by atoms with Crippen LogP contribution < -0.4 is 5.43 Å². The number of hydrazine groups is 1. The predicted molar refractivity (Wildman–Crippen MR) is 89.3 cm³/mol. The van der Waals surface area contributed by atoms with Crippen molar-refractivity contribution in [3.8, 4) is 0 Å². The summed E-state index contributed by atoms with van der Waals surface area (Å²) in [6.07, 6.45) is 1.05. The third-order valence-electron chi connectivity index (χ3n) is 3.91. The number of benzene rings is 1. The van der Waals surface area contributed by atoms with Crippen LogP contribution in [-0.4, -0.2) is 50.8 Å². The molecule has 1 aliphatic rings. The lowest BCUT2D eigenvalue weighted by Gasteiger charge is -2.34. The number of hydrogen-bond donors (Lipinski definition) is 1. The predicted octanol–water partition coefficient (Wildman–Crippen LogP) is 1.56. The van der Waals surface area contributed by atoms with Crippen LogP contribution in [0.5, 0.6) is 0 Å². The second-order valence-corrected chi connectivity index (χ2v) is 8.57. The smallest absolute Gasteiger partial charge is 0.265 e. The van der Waals surface area contributed by atoms with Gasteiger partial charge in [0.05, 0.1) is 4.90 Å². The Morgan fingerprint density at radius 3 is 2.13 bits per heavy atom. The molecule has 1 N–H and O–H groups in total. The summed E-state index contributed by atoms with van der Waals surface area (Å²) in [6, 6.07) is 6.10. The maximum absolute atomic E-state index is 12.8. The van der Waals surface area contributed by atoms with Crippen LogP contribution >= 0.6 is 0 Å². The summed E-state index contributed by atoms with van der Waals surface area (Å²) in [4.78, 5) is 12.1. The maximum Gasteiger partial charge on any atom is 0.265 e. The van der Waals surface area contributed by atoms with Crippen LogP contribution in [0.2, 0.25) is 0 Å². The Bertz CT molecular complexity index is 646. The van der Waals surface area contributed by atoms with Gasteiger partial charge in [0.2, 0.25) is 10.0 Å². The molecule has 1 aromatic carbocycles. The fourth-order valence-corrected chi connectivity index (χ4v) is 4.68. The minimum absolute atomic E-state index is 0.236. The topological polar surface area (TPSA) is 69.7 Å². The van der Waals surface area contributed by atoms with Crippen molar-refractivity contribution in [2.75, 3.05) is 27.2 Å². The van der Waals surface area contributed by atoms with Gasteiger partial charge >= 0.3 is 0 Å². The largest absolute Gasteiger partial charge is 0.285 e. The van der Waals surface area contributed by atoms with E-state index in [1.54, 1.807) is 35.5 Å². The molecule has 1 fully saturated rings. The van der Waals surface area contributed by atoms with Gasteiger partial charge in [0.25, 0.3) is 5.91 Å². The summed E-state index contributed by atoms with van der Waals surface area (Å²) in [7, 11) is -0.0668. The first-order chi connectivity index (χ1) is 10.7. The summed E-state index contributed by atoms with van der Waals surface area (Å²) in [5, 5.41) is 1.55. The molecule has 0 unspecified atom stereocenters. The number of sulfonamides is 1. The second-order valence-electron chi connectivity index (χ2n) is 6.63. The molecule has 1 saturated heterocycles. The van der Waals surface area contributed by atoms with Gasteiger partial charge in [-0.2, -0.15) is 4.31 Å². The molecule has 2 atom stereocenters. The summed E-state index contributed by atoms with van der Waals surface area (Å²) in [6.45, 7) is 5.25. The highest BCUT2D eigenvalue weighted by Gasteiger charge is 2.31. The Labute approximate surface area is 138 Å². The molecule has 0 bridgehead atoms. The van der Waals surface area contributed by atoms with Crippen molar-refractivity contribution >= 4 is 15.9 Å². The molecule has 2 rings (SSSR count). The monoisotopic (exact) mass is 339 g/mol. The molecular weight excluding hydrogens is 314 g/mol. The number of carbonyl (C=O) groups is 1. The number of carbonyl (C=O) groups excluding carboxylic acids is 1. The molecule has 1 aromatic rings. The summed E-state index contributed by atoms with van der Waals surface area (Å²) in [5.74, 6) is 0.455. The standard InChI is InChI=1S/C16H25N3O3S/c1-12-9-13(2)11-19(10-12)23(21,22)15-7-5-14(6-8-15)16(20)17-18(3)4/h5-8,12-13H,9-11H2,1-4H3,(H,17,20)/t12-,13-/m0/s1. The van der Waals surface area contributed by atoms with Gasteiger partial charge in [-0.1, -0.05) is 13.8 Å². The van der Waals surface area contributed by atoms with E-state index in [-0.39, 0.29) is 10.8 Å². The molecule has 1 heterocycles. The van der Waals surface area contributed by atoms with Crippen molar-refractivity contribution in [2.45, 2.75) is 25.2 Å². The zero-order valence-corrected chi connectivity index (χ0v) is 14.9. The van der Waals surface area contributed by atoms with Crippen LogP contribution in [0.4, 0.5) is 0 Å². The van der Waals surface area contributed by atoms with Crippen LogP contribution in [0.1, 0.15) is 30.6 Å². The lowest BCUT2D eigenvalue weighted by Crippen LogP contribution is -2.42. The van der Waals surface area contributed by atoms with E-state index in [0.29, 0.717) is 30.5 Å². The highest BCUT2D eigenvalue weighted by Crippen LogP contribution is 2.26. The van der Waals surface area contributed by atoms with Crippen LogP contribution in [0.3, 0.4) is 0 Å². The molecule has 23 heavy (non-hydrogen) atoms. The maximum atomic E-state index is 12.8. The molecule has 128 valence electrons. The Hall–Kier alpha value is -1.44. The number of amides is 1. The van der Waals surface area contributed by atoms with Crippen molar-refractivity contribution in [1.82, 2.24) is 14.7 Å². The van der Waals surface area contributed by atoms with Crippen LogP contribution in [0.15, 0.2) is 29.2 Å². The Morgan fingerprint density at radius 1 is 1.13 bits per heavy atom. The van der Waals surface area contributed by atoms with Gasteiger partial charge in [-0.05, 0) is 42.5 Å². The van der Waals surface area contributed by atoms with Gasteiger partial charge in [-0.25, -0.2) is 13.4 Å². The first-order valence-electron chi connectivity index (χ1n) is 7.78. The van der Waals surface area contributed by atoms with Crippen molar-refractivity contribution in [1.29, 1.82) is 0 Å². The lowest BCUT2D eigenvalue weighted by molar-refractivity contribution is 0.0857. The van der Waals surface area contributed by atoms with E-state index in [4.69, 9.17) is 0 Å². The van der Waals surface area contributed by atoms with Crippen molar-refractivity contribution in [2.24, 2.45) is 11.8 Å². The van der Waals surface area contributed by atoms with Gasteiger partial charge in [0, 0.05) is 32.7 Å². The molecule has 1 amide bonds. The third-order valence-corrected chi connectivity index (χ3v) is 5.76. The van der Waals surface area contributed by atoms with Gasteiger partial charge in [-0.15, -0.1) is 0 Å². The number of piperidine rings is 1. The van der Waals surface area contributed by atoms with Crippen LogP contribution in [0, 0.1) is 11.8 Å². The highest BCUT2D eigenvalue weighted by atomic mass is 32.2. The zero-order valence-electron chi connectivity index (χ0n) is 14.1. The quantitative estimate of drug-likeness (QED) is 0.845. The highest BCUT2D eigenvalue weighted by molar-refractivity contribution is 7.89. The normalized spacial score (nSPS) is 23.0. The molecule has 0 spiro atoms. The fourth-order valence-electron chi connectivity index (χ4n) is 3.00. The van der Waals surface area contributed by atoms with Crippen molar-refractivity contribution in [3.05, 3.63) is 29.8 Å². The van der Waals surface area contributed by atoms with Gasteiger partial charge in [0.15, 0.2) is 0 Å². The average Bonchev–Trinajstić information content (AvgIpc) is 2.45. The summed E-state index contributed by atoms with van der Waals surface area (Å²) in [5.41, 5.74) is 3.06. The lowest BCUT2D eigenvalue weighted by atomic mass is 9.94. The molecule has 0 saturated carbocycles. The number of hydrogen-bond acceptors (Lipinski definition) is 4. The zero-order chi connectivity index (χ0) is 17.2. The summed E-state index contributed by atoms with van der Waals surface area (Å²) < 4.78 is 27.1. The molecule has 7 heteroatoms. The minimum atomic E-state index is -3.50. The molecular formula is C16H25N3O3S. The van der Waals surface area contributed by atoms with Gasteiger partial charge in [-0.3, -0.25) is 10.2 Å². The number of nitrogens with zero attached hydrogens (tertiary/aromatic N) is 2. The molecule has 0 aliphatic carbocycles. The molecule has 0 aromatic heterocycles. The minimum Gasteiger partial charge on any atom is -0.285 e. The van der Waals surface area contributed by atoms with Gasteiger partial charge in [0.1, 0.15) is 0 Å². The molecule has 6 nitrogen and oxygen atoms in total. The van der Waals surface area contributed by atoms with E-state index in [0.717, 1.165) is 6.42 Å². The Kier molecular flexibility index (Phi) is 5.44. The number of rotatable bonds is 4. The van der Waals surface area contributed by atoms with E-state index in [2.05, 4.69) is 19.3 Å². The third kappa shape index (κ3) is 4.31. The van der Waals surface area contributed by atoms with E-state index in [1.807, 2.05) is 0 Å². The fraction of sp³-hybridized carbons (Fsp3) is 0.562. The molecule has 1 aliphatic heterocycles.